The molecule has 7 heteroatoms. The zero-order valence-electron chi connectivity index (χ0n) is 15.1. The maximum atomic E-state index is 11.7. The van der Waals surface area contributed by atoms with Gasteiger partial charge in [-0.05, 0) is 12.3 Å². The van der Waals surface area contributed by atoms with E-state index in [2.05, 4.69) is 34.4 Å². The van der Waals surface area contributed by atoms with Crippen LogP contribution < -0.4 is 10.6 Å². The number of aliphatic imine (C=N–C) groups is 1. The van der Waals surface area contributed by atoms with Crippen LogP contribution in [-0.4, -0.2) is 88.2 Å². The molecule has 0 aromatic carbocycles. The summed E-state index contributed by atoms with van der Waals surface area (Å²) in [6, 6.07) is 0. The van der Waals surface area contributed by atoms with Crippen molar-refractivity contribution in [1.29, 1.82) is 0 Å². The fourth-order valence-corrected chi connectivity index (χ4v) is 2.10. The SMILES string of the molecule is CC(C)CCNC(=NCC(=O)N(C)C)NCCN1CCOCC1. The number of carbonyl (C=O) groups is 1. The molecule has 23 heavy (non-hydrogen) atoms. The van der Waals surface area contributed by atoms with Crippen molar-refractivity contribution in [3.05, 3.63) is 0 Å². The highest BCUT2D eigenvalue weighted by Gasteiger charge is 2.10. The molecule has 0 aliphatic carbocycles. The summed E-state index contributed by atoms with van der Waals surface area (Å²) in [5.74, 6) is 1.36. The van der Waals surface area contributed by atoms with Crippen LogP contribution in [0.4, 0.5) is 0 Å². The first-order valence-electron chi connectivity index (χ1n) is 8.51. The maximum Gasteiger partial charge on any atom is 0.243 e. The van der Waals surface area contributed by atoms with Crippen LogP contribution in [0.3, 0.4) is 0 Å². The fraction of sp³-hybridized carbons (Fsp3) is 0.875. The molecule has 1 saturated heterocycles. The van der Waals surface area contributed by atoms with E-state index in [1.807, 2.05) is 0 Å². The molecule has 1 aliphatic heterocycles. The number of morpholine rings is 1. The van der Waals surface area contributed by atoms with Crippen molar-refractivity contribution in [2.75, 3.05) is 66.6 Å². The van der Waals surface area contributed by atoms with E-state index in [4.69, 9.17) is 4.74 Å². The lowest BCUT2D eigenvalue weighted by molar-refractivity contribution is -0.127. The van der Waals surface area contributed by atoms with E-state index in [-0.39, 0.29) is 12.5 Å². The van der Waals surface area contributed by atoms with Gasteiger partial charge in [-0.1, -0.05) is 13.8 Å². The fourth-order valence-electron chi connectivity index (χ4n) is 2.10. The van der Waals surface area contributed by atoms with E-state index in [1.54, 1.807) is 19.0 Å². The van der Waals surface area contributed by atoms with Crippen LogP contribution in [0, 0.1) is 5.92 Å². The van der Waals surface area contributed by atoms with Gasteiger partial charge in [0.1, 0.15) is 6.54 Å². The van der Waals surface area contributed by atoms with E-state index < -0.39 is 0 Å². The minimum atomic E-state index is 0.00291. The monoisotopic (exact) mass is 327 g/mol. The van der Waals surface area contributed by atoms with Crippen molar-refractivity contribution in [3.8, 4) is 0 Å². The number of hydrogen-bond donors (Lipinski definition) is 2. The Hall–Kier alpha value is -1.34. The number of rotatable bonds is 8. The van der Waals surface area contributed by atoms with E-state index in [1.165, 1.54) is 0 Å². The highest BCUT2D eigenvalue weighted by atomic mass is 16.5. The third-order valence-corrected chi connectivity index (χ3v) is 3.71. The molecule has 0 aromatic rings. The van der Waals surface area contributed by atoms with Gasteiger partial charge in [-0.2, -0.15) is 0 Å². The Kier molecular flexibility index (Phi) is 9.63. The van der Waals surface area contributed by atoms with Gasteiger partial charge in [0.05, 0.1) is 13.2 Å². The molecular formula is C16H33N5O2. The van der Waals surface area contributed by atoms with Gasteiger partial charge < -0.3 is 20.3 Å². The number of guanidine groups is 1. The van der Waals surface area contributed by atoms with Crippen molar-refractivity contribution in [1.82, 2.24) is 20.4 Å². The van der Waals surface area contributed by atoms with Gasteiger partial charge in [-0.3, -0.25) is 9.69 Å². The van der Waals surface area contributed by atoms with Gasteiger partial charge in [0.15, 0.2) is 5.96 Å². The summed E-state index contributed by atoms with van der Waals surface area (Å²) >= 11 is 0. The summed E-state index contributed by atoms with van der Waals surface area (Å²) in [5.41, 5.74) is 0. The molecule has 0 radical (unpaired) electrons. The second-order valence-corrected chi connectivity index (χ2v) is 6.44. The molecule has 0 aromatic heterocycles. The lowest BCUT2D eigenvalue weighted by Crippen LogP contribution is -2.45. The molecule has 7 nitrogen and oxygen atoms in total. The molecule has 1 rings (SSSR count). The Morgan fingerprint density at radius 2 is 1.87 bits per heavy atom. The second kappa shape index (κ2) is 11.2. The number of amides is 1. The average Bonchev–Trinajstić information content (AvgIpc) is 2.52. The van der Waals surface area contributed by atoms with Crippen molar-refractivity contribution in [2.45, 2.75) is 20.3 Å². The van der Waals surface area contributed by atoms with Crippen LogP contribution in [0.1, 0.15) is 20.3 Å². The first-order chi connectivity index (χ1) is 11.0. The highest BCUT2D eigenvalue weighted by Crippen LogP contribution is 1.97. The molecular weight excluding hydrogens is 294 g/mol. The van der Waals surface area contributed by atoms with Crippen LogP contribution in [-0.2, 0) is 9.53 Å². The number of nitrogens with one attached hydrogen (secondary N) is 2. The molecule has 1 fully saturated rings. The third-order valence-electron chi connectivity index (χ3n) is 3.71. The largest absolute Gasteiger partial charge is 0.379 e. The van der Waals surface area contributed by atoms with Crippen LogP contribution >= 0.6 is 0 Å². The predicted octanol–water partition coefficient (Wildman–Crippen LogP) is -0.0119. The molecule has 0 bridgehead atoms. The van der Waals surface area contributed by atoms with Crippen molar-refractivity contribution >= 4 is 11.9 Å². The van der Waals surface area contributed by atoms with Crippen LogP contribution in [0.2, 0.25) is 0 Å². The summed E-state index contributed by atoms with van der Waals surface area (Å²) in [4.78, 5) is 20.0. The van der Waals surface area contributed by atoms with Crippen molar-refractivity contribution in [3.63, 3.8) is 0 Å². The van der Waals surface area contributed by atoms with Gasteiger partial charge in [-0.25, -0.2) is 4.99 Å². The topological polar surface area (TPSA) is 69.2 Å². The number of nitrogens with zero attached hydrogens (tertiary/aromatic N) is 3. The van der Waals surface area contributed by atoms with Gasteiger partial charge >= 0.3 is 0 Å². The quantitative estimate of drug-likeness (QED) is 0.485. The molecule has 0 atom stereocenters. The van der Waals surface area contributed by atoms with Gasteiger partial charge in [0.25, 0.3) is 0 Å². The normalized spacial score (nSPS) is 16.5. The first kappa shape index (κ1) is 19.7. The minimum Gasteiger partial charge on any atom is -0.379 e. The average molecular weight is 327 g/mol. The Balaban J connectivity index is 2.38. The third kappa shape index (κ3) is 9.40. The molecule has 2 N–H and O–H groups in total. The van der Waals surface area contributed by atoms with Gasteiger partial charge in [0.2, 0.25) is 5.91 Å². The van der Waals surface area contributed by atoms with E-state index in [0.29, 0.717) is 11.9 Å². The molecule has 0 saturated carbocycles. The maximum absolute atomic E-state index is 11.7. The Labute approximate surface area is 140 Å². The van der Waals surface area contributed by atoms with Crippen LogP contribution in [0.25, 0.3) is 0 Å². The molecule has 0 spiro atoms. The van der Waals surface area contributed by atoms with E-state index in [0.717, 1.165) is 52.4 Å². The Morgan fingerprint density at radius 1 is 1.22 bits per heavy atom. The molecule has 1 amide bonds. The molecule has 1 heterocycles. The van der Waals surface area contributed by atoms with Gasteiger partial charge in [-0.15, -0.1) is 0 Å². The van der Waals surface area contributed by atoms with Crippen molar-refractivity contribution in [2.24, 2.45) is 10.9 Å². The summed E-state index contributed by atoms with van der Waals surface area (Å²) in [6.07, 6.45) is 1.08. The van der Waals surface area contributed by atoms with Crippen LogP contribution in [0.15, 0.2) is 4.99 Å². The Bertz CT molecular complexity index is 365. The van der Waals surface area contributed by atoms with Crippen molar-refractivity contribution < 1.29 is 9.53 Å². The standard InChI is InChI=1S/C16H33N5O2/c1-14(2)5-6-17-16(19-13-15(22)20(3)4)18-7-8-21-9-11-23-12-10-21/h14H,5-13H2,1-4H3,(H2,17,18,19). The first-order valence-corrected chi connectivity index (χ1v) is 8.51. The summed E-state index contributed by atoms with van der Waals surface area (Å²) < 4.78 is 5.35. The highest BCUT2D eigenvalue weighted by molar-refractivity contribution is 5.84. The Morgan fingerprint density at radius 3 is 2.48 bits per heavy atom. The summed E-state index contributed by atoms with van der Waals surface area (Å²) in [6.45, 7) is 10.8. The zero-order chi connectivity index (χ0) is 17.1. The van der Waals surface area contributed by atoms with E-state index >= 15 is 0 Å². The molecule has 1 aliphatic rings. The smallest absolute Gasteiger partial charge is 0.243 e. The number of hydrogen-bond acceptors (Lipinski definition) is 4. The number of ether oxygens (including phenoxy) is 1. The lowest BCUT2D eigenvalue weighted by atomic mass is 10.1. The second-order valence-electron chi connectivity index (χ2n) is 6.44. The predicted molar refractivity (Wildman–Crippen MR) is 93.7 cm³/mol. The summed E-state index contributed by atoms with van der Waals surface area (Å²) in [7, 11) is 3.49. The van der Waals surface area contributed by atoms with Gasteiger partial charge in [0, 0.05) is 46.8 Å². The summed E-state index contributed by atoms with van der Waals surface area (Å²) in [5, 5.41) is 6.63. The number of carbonyl (C=O) groups excluding carboxylic acids is 1. The lowest BCUT2D eigenvalue weighted by Gasteiger charge is -2.26. The van der Waals surface area contributed by atoms with E-state index in [9.17, 15) is 4.79 Å². The zero-order valence-corrected chi connectivity index (χ0v) is 15.1. The molecule has 0 unspecified atom stereocenters. The number of likely N-dealkylation sites (N-methyl/N-ethyl adjacent to an activating group) is 1. The van der Waals surface area contributed by atoms with Crippen LogP contribution in [0.5, 0.6) is 0 Å². The molecule has 134 valence electrons. The minimum absolute atomic E-state index is 0.00291.